The Morgan fingerprint density at radius 3 is 1.66 bits per heavy atom. The minimum absolute atomic E-state index is 0.283. The van der Waals surface area contributed by atoms with Gasteiger partial charge in [0.05, 0.1) is 44.5 Å². The summed E-state index contributed by atoms with van der Waals surface area (Å²) in [5, 5.41) is 1.03. The van der Waals surface area contributed by atoms with Crippen molar-refractivity contribution in [2.24, 2.45) is 0 Å². The number of aromatic nitrogens is 1. The Balaban J connectivity index is 1.40. The summed E-state index contributed by atoms with van der Waals surface area (Å²) < 4.78 is 24.5. The van der Waals surface area contributed by atoms with Crippen LogP contribution in [0.15, 0.2) is 157 Å². The summed E-state index contributed by atoms with van der Waals surface area (Å²) in [6, 6.07) is 51.4. The number of hydrogen-bond donors (Lipinski definition) is 0. The van der Waals surface area contributed by atoms with E-state index in [0.29, 0.717) is 0 Å². The summed E-state index contributed by atoms with van der Waals surface area (Å²) in [4.78, 5) is 10.2. The van der Waals surface area contributed by atoms with Gasteiger partial charge in [0.1, 0.15) is 0 Å². The van der Waals surface area contributed by atoms with Crippen LogP contribution in [-0.2, 0) is 9.84 Å². The highest BCUT2D eigenvalue weighted by atomic mass is 32.2. The lowest BCUT2D eigenvalue weighted by molar-refractivity contribution is 0.602. The van der Waals surface area contributed by atoms with Gasteiger partial charge in [-0.25, -0.2) is 13.4 Å². The Morgan fingerprint density at radius 2 is 1.06 bits per heavy atom. The van der Waals surface area contributed by atoms with Gasteiger partial charge in [0.2, 0.25) is 0 Å². The van der Waals surface area contributed by atoms with Crippen molar-refractivity contribution in [3.63, 3.8) is 0 Å². The molecule has 1 aromatic heterocycles. The third-order valence-electron chi connectivity index (χ3n) is 8.74. The quantitative estimate of drug-likeness (QED) is 0.190. The summed E-state index contributed by atoms with van der Waals surface area (Å²) >= 11 is 0. The van der Waals surface area contributed by atoms with E-state index in [4.69, 9.17) is 4.98 Å². The van der Waals surface area contributed by atoms with Crippen molar-refractivity contribution < 1.29 is 8.42 Å². The minimum atomic E-state index is -3.33. The number of sulfone groups is 1. The lowest BCUT2D eigenvalue weighted by atomic mass is 9.96. The van der Waals surface area contributed by atoms with Crippen molar-refractivity contribution in [1.82, 2.24) is 4.98 Å². The van der Waals surface area contributed by atoms with Gasteiger partial charge in [-0.1, -0.05) is 96.6 Å². The number of hydrogen-bond acceptors (Lipinski definition) is 5. The number of benzene rings is 6. The minimum Gasteiger partial charge on any atom is -0.306 e. The van der Waals surface area contributed by atoms with E-state index >= 15 is 0 Å². The fraction of sp³-hybridized carbons (Fsp3) is 0.0488. The molecule has 47 heavy (non-hydrogen) atoms. The normalized spacial score (nSPS) is 12.6. The molecule has 8 rings (SSSR count). The molecule has 1 aliphatic rings. The number of fused-ring (bicyclic) bond motifs is 3. The molecular formula is C41H31N3O2S. The zero-order valence-corrected chi connectivity index (χ0v) is 26.8. The van der Waals surface area contributed by atoms with Crippen LogP contribution in [0.25, 0.3) is 33.3 Å². The lowest BCUT2D eigenvalue weighted by Gasteiger charge is -2.40. The molecule has 228 valence electrons. The van der Waals surface area contributed by atoms with Crippen LogP contribution < -0.4 is 9.80 Å². The number of nitrogens with zero attached hydrogens (tertiary/aromatic N) is 3. The number of anilines is 6. The lowest BCUT2D eigenvalue weighted by Crippen LogP contribution is -2.24. The molecule has 0 saturated carbocycles. The summed E-state index contributed by atoms with van der Waals surface area (Å²) in [5.74, 6) is 0. The highest BCUT2D eigenvalue weighted by molar-refractivity contribution is 7.90. The molecule has 6 aromatic carbocycles. The Labute approximate surface area is 274 Å². The topological polar surface area (TPSA) is 53.5 Å². The summed E-state index contributed by atoms with van der Waals surface area (Å²) in [6.07, 6.45) is 1.23. The number of pyridine rings is 1. The van der Waals surface area contributed by atoms with Crippen LogP contribution in [0, 0.1) is 6.92 Å². The van der Waals surface area contributed by atoms with E-state index in [0.717, 1.165) is 67.4 Å². The first-order valence-corrected chi connectivity index (χ1v) is 17.4. The van der Waals surface area contributed by atoms with Crippen molar-refractivity contribution in [3.8, 4) is 22.4 Å². The third-order valence-corrected chi connectivity index (χ3v) is 9.87. The van der Waals surface area contributed by atoms with Gasteiger partial charge in [0.15, 0.2) is 9.84 Å². The molecule has 0 bridgehead atoms. The van der Waals surface area contributed by atoms with E-state index < -0.39 is 9.84 Å². The molecule has 0 atom stereocenters. The predicted octanol–water partition coefficient (Wildman–Crippen LogP) is 10.5. The second-order valence-corrected chi connectivity index (χ2v) is 13.9. The largest absolute Gasteiger partial charge is 0.306 e. The summed E-state index contributed by atoms with van der Waals surface area (Å²) in [6.45, 7) is 2.09. The maximum Gasteiger partial charge on any atom is 0.175 e. The van der Waals surface area contributed by atoms with Gasteiger partial charge in [0, 0.05) is 22.9 Å². The van der Waals surface area contributed by atoms with E-state index in [9.17, 15) is 8.42 Å². The molecule has 0 amide bonds. The van der Waals surface area contributed by atoms with Crippen molar-refractivity contribution >= 4 is 54.9 Å². The summed E-state index contributed by atoms with van der Waals surface area (Å²) in [7, 11) is -3.33. The van der Waals surface area contributed by atoms with Crippen LogP contribution in [0.4, 0.5) is 34.1 Å². The van der Waals surface area contributed by atoms with Crippen molar-refractivity contribution in [1.29, 1.82) is 0 Å². The second-order valence-electron chi connectivity index (χ2n) is 11.9. The Morgan fingerprint density at radius 1 is 0.532 bits per heavy atom. The van der Waals surface area contributed by atoms with Crippen LogP contribution in [0.1, 0.15) is 5.56 Å². The average Bonchev–Trinajstić information content (AvgIpc) is 3.10. The van der Waals surface area contributed by atoms with Crippen molar-refractivity contribution in [2.75, 3.05) is 16.1 Å². The first kappa shape index (κ1) is 28.7. The molecule has 1 aliphatic heterocycles. The molecule has 0 unspecified atom stereocenters. The fourth-order valence-corrected chi connectivity index (χ4v) is 7.10. The van der Waals surface area contributed by atoms with Crippen LogP contribution in [0.2, 0.25) is 0 Å². The van der Waals surface area contributed by atoms with Crippen LogP contribution in [0.5, 0.6) is 0 Å². The van der Waals surface area contributed by atoms with E-state index in [-0.39, 0.29) is 4.90 Å². The SMILES string of the molecule is Cc1ccc(-c2cc(-c3ccc(S(C)(=O)=O)cc3)nc3c(N4c5ccccc5N(c5ccccc5)c5ccccc54)cccc23)cc1. The molecule has 0 radical (unpaired) electrons. The zero-order valence-electron chi connectivity index (χ0n) is 26.0. The smallest absolute Gasteiger partial charge is 0.175 e. The Bertz CT molecular complexity index is 2340. The highest BCUT2D eigenvalue weighted by Crippen LogP contribution is 2.55. The van der Waals surface area contributed by atoms with E-state index in [1.54, 1.807) is 12.1 Å². The van der Waals surface area contributed by atoms with Crippen LogP contribution >= 0.6 is 0 Å². The van der Waals surface area contributed by atoms with Gasteiger partial charge in [-0.2, -0.15) is 0 Å². The van der Waals surface area contributed by atoms with Crippen molar-refractivity contribution in [3.05, 3.63) is 157 Å². The molecule has 2 heterocycles. The molecular weight excluding hydrogens is 599 g/mol. The number of para-hydroxylation sites is 6. The molecule has 0 spiro atoms. The molecule has 6 heteroatoms. The summed E-state index contributed by atoms with van der Waals surface area (Å²) in [5.41, 5.74) is 12.1. The third kappa shape index (κ3) is 5.03. The molecule has 5 nitrogen and oxygen atoms in total. The van der Waals surface area contributed by atoms with Crippen LogP contribution in [0.3, 0.4) is 0 Å². The monoisotopic (exact) mass is 629 g/mol. The standard InChI is InChI=1S/C41H31N3O2S/c1-28-19-21-29(22-20-28)34-27-35(30-23-25-32(26-24-30)47(2,45)46)42-41-33(34)13-10-18-40(41)44-38-16-8-6-14-36(38)43(31-11-4-3-5-12-31)37-15-7-9-17-39(37)44/h3-27H,1-2H3. The number of aryl methyl sites for hydroxylation is 1. The van der Waals surface area contributed by atoms with Crippen molar-refractivity contribution in [2.45, 2.75) is 11.8 Å². The molecule has 0 aliphatic carbocycles. The molecule has 0 N–H and O–H groups in total. The van der Waals surface area contributed by atoms with Gasteiger partial charge in [0.25, 0.3) is 0 Å². The maximum absolute atomic E-state index is 12.2. The van der Waals surface area contributed by atoms with Crippen LogP contribution in [-0.4, -0.2) is 19.7 Å². The molecule has 0 saturated heterocycles. The van der Waals surface area contributed by atoms with Gasteiger partial charge in [-0.15, -0.1) is 0 Å². The molecule has 7 aromatic rings. The Kier molecular flexibility index (Phi) is 6.89. The van der Waals surface area contributed by atoms with E-state index in [2.05, 4.69) is 138 Å². The van der Waals surface area contributed by atoms with Gasteiger partial charge >= 0.3 is 0 Å². The van der Waals surface area contributed by atoms with Gasteiger partial charge in [-0.05, 0) is 78.7 Å². The zero-order chi connectivity index (χ0) is 32.1. The second kappa shape index (κ2) is 11.3. The number of rotatable bonds is 5. The maximum atomic E-state index is 12.2. The van der Waals surface area contributed by atoms with E-state index in [1.165, 1.54) is 11.8 Å². The fourth-order valence-electron chi connectivity index (χ4n) is 6.47. The van der Waals surface area contributed by atoms with Gasteiger partial charge in [-0.3, -0.25) is 0 Å². The average molecular weight is 630 g/mol. The van der Waals surface area contributed by atoms with Gasteiger partial charge < -0.3 is 9.80 Å². The Hall–Kier alpha value is -5.72. The van der Waals surface area contributed by atoms with E-state index in [1.807, 2.05) is 18.2 Å². The predicted molar refractivity (Wildman–Crippen MR) is 193 cm³/mol. The first-order chi connectivity index (χ1) is 22.9. The highest BCUT2D eigenvalue weighted by Gasteiger charge is 2.31. The molecule has 0 fully saturated rings. The first-order valence-electron chi connectivity index (χ1n) is 15.5.